The van der Waals surface area contributed by atoms with Crippen LogP contribution in [0.2, 0.25) is 0 Å². The minimum Gasteiger partial charge on any atom is -0.383 e. The average molecular weight is 276 g/mol. The molecule has 0 aliphatic carbocycles. The lowest BCUT2D eigenvalue weighted by molar-refractivity contribution is 0.149. The zero-order valence-electron chi connectivity index (χ0n) is 7.67. The highest BCUT2D eigenvalue weighted by Gasteiger charge is 2.20. The third-order valence-electron chi connectivity index (χ3n) is 1.96. The molecular weight excluding hydrogens is 268 g/mol. The molecule has 0 atom stereocenters. The van der Waals surface area contributed by atoms with Gasteiger partial charge in [0.15, 0.2) is 0 Å². The molecule has 0 aromatic carbocycles. The van der Waals surface area contributed by atoms with Crippen molar-refractivity contribution >= 4 is 21.7 Å². The van der Waals surface area contributed by atoms with Crippen LogP contribution in [0.3, 0.4) is 0 Å². The Morgan fingerprint density at radius 1 is 1.60 bits per heavy atom. The Morgan fingerprint density at radius 3 is 2.73 bits per heavy atom. The molecule has 15 heavy (non-hydrogen) atoms. The fraction of sp³-hybridized carbons (Fsp3) is 0.333. The van der Waals surface area contributed by atoms with Gasteiger partial charge in [-0.25, -0.2) is 13.8 Å². The highest BCUT2D eigenvalue weighted by molar-refractivity contribution is 9.08. The molecule has 6 heteroatoms. The second-order valence-electron chi connectivity index (χ2n) is 2.83. The first kappa shape index (κ1) is 11.9. The van der Waals surface area contributed by atoms with E-state index in [-0.39, 0.29) is 28.7 Å². The summed E-state index contributed by atoms with van der Waals surface area (Å²) in [6.45, 7) is 0. The lowest BCUT2D eigenvalue weighted by atomic mass is 10.0. The Hall–Kier alpha value is -1.22. The molecule has 2 N–H and O–H groups in total. The number of pyridine rings is 1. The Balaban J connectivity index is 3.38. The topological polar surface area (TPSA) is 62.7 Å². The van der Waals surface area contributed by atoms with E-state index in [4.69, 9.17) is 11.0 Å². The van der Waals surface area contributed by atoms with Gasteiger partial charge in [-0.05, 0) is 5.56 Å². The molecule has 0 spiro atoms. The molecule has 0 aliphatic rings. The van der Waals surface area contributed by atoms with Crippen molar-refractivity contribution in [2.75, 3.05) is 5.73 Å². The molecule has 1 rings (SSSR count). The molecular formula is C9H8BrF2N3. The van der Waals surface area contributed by atoms with Gasteiger partial charge >= 0.3 is 0 Å². The predicted molar refractivity (Wildman–Crippen MR) is 55.6 cm³/mol. The van der Waals surface area contributed by atoms with Gasteiger partial charge in [0.1, 0.15) is 5.82 Å². The van der Waals surface area contributed by atoms with E-state index in [2.05, 4.69) is 20.9 Å². The number of hydrogen-bond acceptors (Lipinski definition) is 3. The van der Waals surface area contributed by atoms with Crippen molar-refractivity contribution in [1.82, 2.24) is 4.98 Å². The molecule has 0 aliphatic heterocycles. The van der Waals surface area contributed by atoms with Crippen molar-refractivity contribution in [2.45, 2.75) is 18.2 Å². The first-order valence-electron chi connectivity index (χ1n) is 4.09. The van der Waals surface area contributed by atoms with Crippen LogP contribution in [0.1, 0.15) is 23.1 Å². The Morgan fingerprint density at radius 2 is 2.27 bits per heavy atom. The summed E-state index contributed by atoms with van der Waals surface area (Å²) < 4.78 is 25.5. The minimum atomic E-state index is -2.65. The molecule has 0 fully saturated rings. The van der Waals surface area contributed by atoms with Crippen LogP contribution in [0.25, 0.3) is 0 Å². The molecule has 0 radical (unpaired) electrons. The van der Waals surface area contributed by atoms with Gasteiger partial charge in [0.25, 0.3) is 6.43 Å². The first-order chi connectivity index (χ1) is 7.11. The zero-order valence-corrected chi connectivity index (χ0v) is 9.26. The van der Waals surface area contributed by atoms with Crippen LogP contribution in [0, 0.1) is 11.3 Å². The van der Waals surface area contributed by atoms with Crippen molar-refractivity contribution in [3.8, 4) is 6.07 Å². The van der Waals surface area contributed by atoms with Gasteiger partial charge in [0.2, 0.25) is 0 Å². The molecule has 0 amide bonds. The number of nitriles is 1. The first-order valence-corrected chi connectivity index (χ1v) is 5.21. The molecule has 0 bridgehead atoms. The van der Waals surface area contributed by atoms with Crippen molar-refractivity contribution in [3.63, 3.8) is 0 Å². The van der Waals surface area contributed by atoms with E-state index in [1.165, 1.54) is 6.20 Å². The molecule has 0 saturated carbocycles. The third kappa shape index (κ3) is 2.42. The Labute approximate surface area is 94.0 Å². The third-order valence-corrected chi connectivity index (χ3v) is 2.56. The highest BCUT2D eigenvalue weighted by atomic mass is 79.9. The highest BCUT2D eigenvalue weighted by Crippen LogP contribution is 2.30. The minimum absolute atomic E-state index is 0.00319. The van der Waals surface area contributed by atoms with Gasteiger partial charge in [0.05, 0.1) is 12.5 Å². The van der Waals surface area contributed by atoms with E-state index in [9.17, 15) is 8.78 Å². The van der Waals surface area contributed by atoms with E-state index in [0.717, 1.165) is 0 Å². The van der Waals surface area contributed by atoms with Crippen LogP contribution in [0.15, 0.2) is 6.20 Å². The van der Waals surface area contributed by atoms with Crippen molar-refractivity contribution in [2.24, 2.45) is 0 Å². The molecule has 1 aromatic rings. The summed E-state index contributed by atoms with van der Waals surface area (Å²) in [6.07, 6.45) is -1.50. The molecule has 0 unspecified atom stereocenters. The monoisotopic (exact) mass is 275 g/mol. The second-order valence-corrected chi connectivity index (χ2v) is 3.39. The van der Waals surface area contributed by atoms with Crippen LogP contribution in [-0.2, 0) is 11.8 Å². The zero-order chi connectivity index (χ0) is 11.4. The van der Waals surface area contributed by atoms with Gasteiger partial charge in [-0.2, -0.15) is 5.26 Å². The summed E-state index contributed by atoms with van der Waals surface area (Å²) >= 11 is 3.09. The van der Waals surface area contributed by atoms with Gasteiger partial charge < -0.3 is 5.73 Å². The van der Waals surface area contributed by atoms with E-state index in [1.54, 1.807) is 6.07 Å². The van der Waals surface area contributed by atoms with Gasteiger partial charge in [-0.1, -0.05) is 15.9 Å². The van der Waals surface area contributed by atoms with Gasteiger partial charge in [-0.15, -0.1) is 0 Å². The van der Waals surface area contributed by atoms with Crippen molar-refractivity contribution < 1.29 is 8.78 Å². The van der Waals surface area contributed by atoms with Crippen molar-refractivity contribution in [3.05, 3.63) is 22.9 Å². The summed E-state index contributed by atoms with van der Waals surface area (Å²) in [5.74, 6) is -0.00319. The van der Waals surface area contributed by atoms with E-state index >= 15 is 0 Å². The molecule has 3 nitrogen and oxygen atoms in total. The van der Waals surface area contributed by atoms with Crippen LogP contribution in [-0.4, -0.2) is 4.98 Å². The number of rotatable bonds is 3. The summed E-state index contributed by atoms with van der Waals surface area (Å²) in [5, 5.41) is 8.79. The van der Waals surface area contributed by atoms with Crippen molar-refractivity contribution in [1.29, 1.82) is 5.26 Å². The summed E-state index contributed by atoms with van der Waals surface area (Å²) in [7, 11) is 0. The predicted octanol–water partition coefficient (Wildman–Crippen LogP) is 2.56. The average Bonchev–Trinajstić information content (AvgIpc) is 2.20. The molecule has 80 valence electrons. The number of hydrogen-bond donors (Lipinski definition) is 1. The number of alkyl halides is 3. The lowest BCUT2D eigenvalue weighted by Crippen LogP contribution is -2.06. The SMILES string of the molecule is N#CCc1c(N)ncc(CBr)c1C(F)F. The maximum absolute atomic E-state index is 12.8. The number of nitrogens with zero attached hydrogens (tertiary/aromatic N) is 2. The van der Waals surface area contributed by atoms with Gasteiger partial charge in [0, 0.05) is 22.7 Å². The maximum atomic E-state index is 12.8. The van der Waals surface area contributed by atoms with E-state index in [0.29, 0.717) is 5.56 Å². The van der Waals surface area contributed by atoms with Crippen LogP contribution < -0.4 is 5.73 Å². The summed E-state index contributed by atoms with van der Waals surface area (Å²) in [5.41, 5.74) is 5.77. The lowest BCUT2D eigenvalue weighted by Gasteiger charge is -2.12. The second kappa shape index (κ2) is 5.03. The van der Waals surface area contributed by atoms with Crippen LogP contribution >= 0.6 is 15.9 Å². The number of aromatic nitrogens is 1. The number of nitrogens with two attached hydrogens (primary N) is 1. The largest absolute Gasteiger partial charge is 0.383 e. The van der Waals surface area contributed by atoms with Gasteiger partial charge in [-0.3, -0.25) is 0 Å². The molecule has 0 saturated heterocycles. The standard InChI is InChI=1S/C9H8BrF2N3/c10-3-5-4-15-9(14)6(1-2-13)7(5)8(11)12/h4,8H,1,3H2,(H2,14,15). The van der Waals surface area contributed by atoms with Crippen LogP contribution in [0.4, 0.5) is 14.6 Å². The Bertz CT molecular complexity index is 401. The number of halogens is 3. The molecule has 1 aromatic heterocycles. The summed E-state index contributed by atoms with van der Waals surface area (Å²) in [6, 6.07) is 1.80. The number of anilines is 1. The summed E-state index contributed by atoms with van der Waals surface area (Å²) in [4.78, 5) is 3.77. The van der Waals surface area contributed by atoms with E-state index < -0.39 is 6.43 Å². The molecule has 1 heterocycles. The van der Waals surface area contributed by atoms with E-state index in [1.807, 2.05) is 0 Å². The fourth-order valence-corrected chi connectivity index (χ4v) is 1.72. The number of nitrogen functional groups attached to an aromatic ring is 1. The fourth-order valence-electron chi connectivity index (χ4n) is 1.27. The smallest absolute Gasteiger partial charge is 0.264 e. The Kier molecular flexibility index (Phi) is 3.97. The van der Waals surface area contributed by atoms with Crippen LogP contribution in [0.5, 0.6) is 0 Å². The maximum Gasteiger partial charge on any atom is 0.264 e. The normalized spacial score (nSPS) is 10.3. The quantitative estimate of drug-likeness (QED) is 0.863.